The number of likely N-dealkylation sites (tertiary alicyclic amines) is 1. The van der Waals surface area contributed by atoms with Crippen molar-refractivity contribution in [3.05, 3.63) is 42.1 Å². The van der Waals surface area contributed by atoms with E-state index in [0.717, 1.165) is 37.9 Å². The SMILES string of the molecule is CCN(C(=O)c1cc(F)ccc1Oc1cncnc1N1CC2(CCN(CC3CCC(N)CC3)CC2)C1)C(C)C.Cl. The Labute approximate surface area is 243 Å². The molecule has 10 heteroatoms. The molecular weight excluding hydrogens is 531 g/mol. The van der Waals surface area contributed by atoms with Gasteiger partial charge in [-0.2, -0.15) is 0 Å². The number of nitrogens with zero attached hydrogens (tertiary/aromatic N) is 5. The molecule has 2 N–H and O–H groups in total. The van der Waals surface area contributed by atoms with Crippen LogP contribution in [0.3, 0.4) is 0 Å². The standard InChI is InChI=1S/C30H43FN6O2.ClH/c1-4-37(21(2)3)29(38)25-15-23(31)7-10-26(25)39-27-16-33-20-34-28(27)36-18-30(19-36)11-13-35(14-12-30)17-22-5-8-24(32)9-6-22;/h7,10,15-16,20-22,24H,4-6,8-9,11-14,17-19,32H2,1-3H3;1H. The van der Waals surface area contributed by atoms with E-state index in [9.17, 15) is 9.18 Å². The summed E-state index contributed by atoms with van der Waals surface area (Å²) < 4.78 is 20.4. The number of hydrogen-bond acceptors (Lipinski definition) is 7. The van der Waals surface area contributed by atoms with Crippen molar-refractivity contribution in [1.29, 1.82) is 0 Å². The Hall–Kier alpha value is -2.49. The Morgan fingerprint density at radius 2 is 1.88 bits per heavy atom. The Balaban J connectivity index is 0.00000370. The van der Waals surface area contributed by atoms with E-state index in [-0.39, 0.29) is 29.9 Å². The quantitative estimate of drug-likeness (QED) is 0.468. The van der Waals surface area contributed by atoms with Crippen molar-refractivity contribution in [2.75, 3.05) is 44.2 Å². The molecule has 220 valence electrons. The van der Waals surface area contributed by atoms with Crippen molar-refractivity contribution >= 4 is 24.1 Å². The molecule has 1 saturated carbocycles. The van der Waals surface area contributed by atoms with Gasteiger partial charge in [0.15, 0.2) is 11.6 Å². The summed E-state index contributed by atoms with van der Waals surface area (Å²) in [7, 11) is 0. The van der Waals surface area contributed by atoms with Crippen molar-refractivity contribution in [3.63, 3.8) is 0 Å². The third-order valence-corrected chi connectivity index (χ3v) is 8.95. The highest BCUT2D eigenvalue weighted by Crippen LogP contribution is 2.45. The third kappa shape index (κ3) is 6.69. The van der Waals surface area contributed by atoms with Crippen LogP contribution in [0, 0.1) is 17.2 Å². The maximum atomic E-state index is 14.2. The van der Waals surface area contributed by atoms with E-state index < -0.39 is 5.82 Å². The first-order valence-corrected chi connectivity index (χ1v) is 14.6. The van der Waals surface area contributed by atoms with Crippen molar-refractivity contribution in [3.8, 4) is 11.5 Å². The predicted molar refractivity (Wildman–Crippen MR) is 158 cm³/mol. The second-order valence-electron chi connectivity index (χ2n) is 12.1. The lowest BCUT2D eigenvalue weighted by atomic mass is 9.71. The van der Waals surface area contributed by atoms with Gasteiger partial charge in [0.2, 0.25) is 0 Å². The summed E-state index contributed by atoms with van der Waals surface area (Å²) in [6.07, 6.45) is 10.4. The maximum absolute atomic E-state index is 14.2. The van der Waals surface area contributed by atoms with Gasteiger partial charge in [-0.3, -0.25) is 4.79 Å². The normalized spacial score (nSPS) is 22.5. The summed E-state index contributed by atoms with van der Waals surface area (Å²) in [6.45, 7) is 11.7. The summed E-state index contributed by atoms with van der Waals surface area (Å²) >= 11 is 0. The number of aromatic nitrogens is 2. The molecule has 0 bridgehead atoms. The number of piperidine rings is 1. The molecule has 1 aromatic carbocycles. The Morgan fingerprint density at radius 1 is 1.18 bits per heavy atom. The average molecular weight is 575 g/mol. The summed E-state index contributed by atoms with van der Waals surface area (Å²) in [5, 5.41) is 0. The molecule has 2 aliphatic heterocycles. The molecule has 3 fully saturated rings. The molecule has 1 aliphatic carbocycles. The molecule has 1 spiro atoms. The first kappa shape index (κ1) is 30.5. The molecule has 2 aromatic rings. The van der Waals surface area contributed by atoms with E-state index in [1.54, 1.807) is 11.1 Å². The minimum Gasteiger partial charge on any atom is -0.451 e. The molecule has 3 heterocycles. The van der Waals surface area contributed by atoms with Crippen LogP contribution >= 0.6 is 12.4 Å². The number of halogens is 2. The van der Waals surface area contributed by atoms with Crippen LogP contribution in [0.25, 0.3) is 0 Å². The molecule has 1 aromatic heterocycles. The zero-order valence-electron chi connectivity index (χ0n) is 24.0. The van der Waals surface area contributed by atoms with Gasteiger partial charge in [0.05, 0.1) is 11.8 Å². The molecule has 40 heavy (non-hydrogen) atoms. The van der Waals surface area contributed by atoms with Crippen LogP contribution in [-0.2, 0) is 0 Å². The first-order valence-electron chi connectivity index (χ1n) is 14.6. The van der Waals surface area contributed by atoms with E-state index in [1.165, 1.54) is 69.6 Å². The molecule has 0 unspecified atom stereocenters. The minimum atomic E-state index is -0.474. The topological polar surface area (TPSA) is 87.8 Å². The molecule has 0 atom stereocenters. The van der Waals surface area contributed by atoms with Gasteiger partial charge < -0.3 is 25.2 Å². The van der Waals surface area contributed by atoms with Gasteiger partial charge in [-0.15, -0.1) is 12.4 Å². The summed E-state index contributed by atoms with van der Waals surface area (Å²) in [5.74, 6) is 1.57. The fourth-order valence-electron chi connectivity index (χ4n) is 6.57. The van der Waals surface area contributed by atoms with E-state index in [0.29, 0.717) is 29.5 Å². The Bertz CT molecular complexity index is 1140. The van der Waals surface area contributed by atoms with E-state index in [2.05, 4.69) is 19.8 Å². The molecule has 0 radical (unpaired) electrons. The van der Waals surface area contributed by atoms with Gasteiger partial charge in [-0.1, -0.05) is 0 Å². The van der Waals surface area contributed by atoms with Crippen molar-refractivity contribution in [2.24, 2.45) is 17.1 Å². The third-order valence-electron chi connectivity index (χ3n) is 8.95. The van der Waals surface area contributed by atoms with E-state index >= 15 is 0 Å². The highest BCUT2D eigenvalue weighted by atomic mass is 35.5. The van der Waals surface area contributed by atoms with Gasteiger partial charge in [0.25, 0.3) is 5.91 Å². The van der Waals surface area contributed by atoms with Crippen LogP contribution in [0.2, 0.25) is 0 Å². The fraction of sp³-hybridized carbons (Fsp3) is 0.633. The lowest BCUT2D eigenvalue weighted by Crippen LogP contribution is -2.61. The van der Waals surface area contributed by atoms with Gasteiger partial charge in [0.1, 0.15) is 17.9 Å². The van der Waals surface area contributed by atoms with Crippen molar-refractivity contribution in [1.82, 2.24) is 19.8 Å². The van der Waals surface area contributed by atoms with Crippen LogP contribution in [0.15, 0.2) is 30.7 Å². The van der Waals surface area contributed by atoms with Crippen LogP contribution in [-0.4, -0.2) is 77.0 Å². The largest absolute Gasteiger partial charge is 0.451 e. The van der Waals surface area contributed by atoms with Crippen LogP contribution in [0.5, 0.6) is 11.5 Å². The van der Waals surface area contributed by atoms with Crippen molar-refractivity contribution < 1.29 is 13.9 Å². The van der Waals surface area contributed by atoms with Crippen LogP contribution in [0.1, 0.15) is 69.7 Å². The number of hydrogen-bond donors (Lipinski definition) is 1. The number of rotatable bonds is 8. The van der Waals surface area contributed by atoms with Gasteiger partial charge in [-0.05, 0) is 96.5 Å². The lowest BCUT2D eigenvalue weighted by Gasteiger charge is -2.54. The summed E-state index contributed by atoms with van der Waals surface area (Å²) in [5.41, 5.74) is 6.60. The Kier molecular flexibility index (Phi) is 9.90. The van der Waals surface area contributed by atoms with Gasteiger partial charge >= 0.3 is 0 Å². The number of nitrogens with two attached hydrogens (primary N) is 1. The molecule has 3 aliphatic rings. The number of carbonyl (C=O) groups excluding carboxylic acids is 1. The number of anilines is 1. The first-order chi connectivity index (χ1) is 18.8. The number of ether oxygens (including phenoxy) is 1. The lowest BCUT2D eigenvalue weighted by molar-refractivity contribution is 0.0620. The van der Waals surface area contributed by atoms with E-state index in [1.807, 2.05) is 20.8 Å². The number of carbonyl (C=O) groups is 1. The molecular formula is C30H44ClFN6O2. The van der Waals surface area contributed by atoms with Gasteiger partial charge in [0, 0.05) is 43.7 Å². The maximum Gasteiger partial charge on any atom is 0.257 e. The molecule has 1 amide bonds. The van der Waals surface area contributed by atoms with Gasteiger partial charge in [-0.25, -0.2) is 14.4 Å². The smallest absolute Gasteiger partial charge is 0.257 e. The number of amides is 1. The van der Waals surface area contributed by atoms with Crippen molar-refractivity contribution in [2.45, 2.75) is 71.4 Å². The second kappa shape index (κ2) is 13.0. The van der Waals surface area contributed by atoms with Crippen LogP contribution < -0.4 is 15.4 Å². The zero-order chi connectivity index (χ0) is 27.6. The highest BCUT2D eigenvalue weighted by Gasteiger charge is 2.46. The Morgan fingerprint density at radius 3 is 2.52 bits per heavy atom. The predicted octanol–water partition coefficient (Wildman–Crippen LogP) is 5.12. The molecule has 8 nitrogen and oxygen atoms in total. The van der Waals surface area contributed by atoms with E-state index in [4.69, 9.17) is 10.5 Å². The summed E-state index contributed by atoms with van der Waals surface area (Å²) in [6, 6.07) is 4.47. The molecule has 5 rings (SSSR count). The molecule has 2 saturated heterocycles. The minimum absolute atomic E-state index is 0. The fourth-order valence-corrected chi connectivity index (χ4v) is 6.57. The van der Waals surface area contributed by atoms with Crippen LogP contribution in [0.4, 0.5) is 10.2 Å². The second-order valence-corrected chi connectivity index (χ2v) is 12.1. The monoisotopic (exact) mass is 574 g/mol. The average Bonchev–Trinajstić information content (AvgIpc) is 2.91. The summed E-state index contributed by atoms with van der Waals surface area (Å²) in [4.78, 5) is 28.6. The zero-order valence-corrected chi connectivity index (χ0v) is 24.8. The highest BCUT2D eigenvalue weighted by molar-refractivity contribution is 5.97. The number of benzene rings is 1.